The lowest BCUT2D eigenvalue weighted by Gasteiger charge is -2.04. The third-order valence-electron chi connectivity index (χ3n) is 13.2. The number of nitrogens with zero attached hydrogens (tertiary/aromatic N) is 5. The molecule has 0 amide bonds. The molecule has 10 rings (SSSR count). The Morgan fingerprint density at radius 3 is 0.892 bits per heavy atom. The normalized spacial score (nSPS) is 11.1. The van der Waals surface area contributed by atoms with Crippen molar-refractivity contribution in [3.63, 3.8) is 0 Å². The number of pyridine rings is 5. The van der Waals surface area contributed by atoms with Crippen molar-refractivity contribution in [3.05, 3.63) is 269 Å². The van der Waals surface area contributed by atoms with E-state index < -0.39 is 6.85 Å². The summed E-state index contributed by atoms with van der Waals surface area (Å²) in [6.45, 7) is 15.0. The minimum absolute atomic E-state index is 0.363. The van der Waals surface area contributed by atoms with Gasteiger partial charge in [0.05, 0.1) is 0 Å². The molecule has 5 heterocycles. The van der Waals surface area contributed by atoms with Crippen LogP contribution in [0.4, 0.5) is 0 Å². The number of rotatable bonds is 5. The fraction of sp³-hybridized carbons (Fsp3) is 0.203. The molecule has 0 aliphatic carbocycles. The molecular formula is C69H78N5+5. The predicted octanol–water partition coefficient (Wildman–Crippen LogP) is 13.7. The highest BCUT2D eigenvalue weighted by Gasteiger charge is 2.15. The first-order valence-electron chi connectivity index (χ1n) is 26.9. The van der Waals surface area contributed by atoms with Gasteiger partial charge in [-0.2, -0.15) is 0 Å². The van der Waals surface area contributed by atoms with Gasteiger partial charge in [-0.1, -0.05) is 91.0 Å². The van der Waals surface area contributed by atoms with E-state index in [2.05, 4.69) is 265 Å². The van der Waals surface area contributed by atoms with Gasteiger partial charge in [-0.25, -0.2) is 22.8 Å². The van der Waals surface area contributed by atoms with Crippen LogP contribution in [0.25, 0.3) is 56.3 Å². The van der Waals surface area contributed by atoms with Crippen LogP contribution in [-0.4, -0.2) is 0 Å². The number of aryl methyl sites for hydroxylation is 14. The zero-order chi connectivity index (χ0) is 55.8. The van der Waals surface area contributed by atoms with Crippen LogP contribution in [0.1, 0.15) is 54.2 Å². The summed E-state index contributed by atoms with van der Waals surface area (Å²) >= 11 is 0. The second kappa shape index (κ2) is 26.5. The topological polar surface area (TPSA) is 19.4 Å². The minimum atomic E-state index is -2.05. The van der Waals surface area contributed by atoms with Gasteiger partial charge in [-0.15, -0.1) is 0 Å². The predicted molar refractivity (Wildman–Crippen MR) is 308 cm³/mol. The molecule has 0 atom stereocenters. The van der Waals surface area contributed by atoms with Gasteiger partial charge in [-0.05, 0) is 150 Å². The fourth-order valence-corrected chi connectivity index (χ4v) is 8.90. The first-order valence-corrected chi connectivity index (χ1v) is 25.4. The minimum Gasteiger partial charge on any atom is -0.201 e. The number of hydrogen-bond donors (Lipinski definition) is 0. The average molecular weight is 980 g/mol. The molecule has 0 bridgehead atoms. The van der Waals surface area contributed by atoms with Gasteiger partial charge >= 0.3 is 0 Å². The molecule has 5 aromatic carbocycles. The second-order valence-electron chi connectivity index (χ2n) is 19.3. The van der Waals surface area contributed by atoms with Crippen LogP contribution in [0.5, 0.6) is 0 Å². The molecule has 0 spiro atoms. The van der Waals surface area contributed by atoms with Crippen LogP contribution >= 0.6 is 0 Å². The number of benzene rings is 5. The monoisotopic (exact) mass is 980 g/mol. The highest BCUT2D eigenvalue weighted by Crippen LogP contribution is 2.24. The Bertz CT molecular complexity index is 3440. The molecule has 374 valence electrons. The largest absolute Gasteiger partial charge is 0.212 e. The van der Waals surface area contributed by atoms with Gasteiger partial charge in [0.1, 0.15) is 35.2 Å². The van der Waals surface area contributed by atoms with Crippen molar-refractivity contribution >= 4 is 0 Å². The van der Waals surface area contributed by atoms with E-state index in [9.17, 15) is 0 Å². The zero-order valence-electron chi connectivity index (χ0n) is 49.0. The average Bonchev–Trinajstić information content (AvgIpc) is 3.40. The third kappa shape index (κ3) is 15.0. The van der Waals surface area contributed by atoms with E-state index in [1.165, 1.54) is 89.5 Å². The van der Waals surface area contributed by atoms with Gasteiger partial charge in [0.25, 0.3) is 0 Å². The van der Waals surface area contributed by atoms with E-state index in [1.54, 1.807) is 12.3 Å². The first-order chi connectivity index (χ1) is 36.7. The maximum atomic E-state index is 7.41. The van der Waals surface area contributed by atoms with Crippen molar-refractivity contribution in [2.24, 2.45) is 35.2 Å². The Hall–Kier alpha value is -8.15. The van der Waals surface area contributed by atoms with Crippen molar-refractivity contribution in [2.75, 3.05) is 0 Å². The molecular weight excluding hydrogens is 899 g/mol. The highest BCUT2D eigenvalue weighted by molar-refractivity contribution is 5.64. The van der Waals surface area contributed by atoms with Crippen LogP contribution in [-0.2, 0) is 35.2 Å². The molecule has 0 saturated carbocycles. The molecule has 5 aromatic heterocycles. The Labute approximate surface area is 447 Å². The summed E-state index contributed by atoms with van der Waals surface area (Å²) in [6, 6.07) is 64.8. The van der Waals surface area contributed by atoms with Crippen molar-refractivity contribution in [1.82, 2.24) is 0 Å². The maximum Gasteiger partial charge on any atom is 0.212 e. The first kappa shape index (κ1) is 50.8. The summed E-state index contributed by atoms with van der Waals surface area (Å²) < 4.78 is 32.7. The summed E-state index contributed by atoms with van der Waals surface area (Å²) in [5.41, 5.74) is 23.1. The van der Waals surface area contributed by atoms with Gasteiger partial charge < -0.3 is 0 Å². The summed E-state index contributed by atoms with van der Waals surface area (Å²) in [4.78, 5) is 0. The molecule has 5 heteroatoms. The van der Waals surface area contributed by atoms with Gasteiger partial charge in [-0.3, -0.25) is 0 Å². The SMILES string of the molecule is Cc1cc[n+](C)c(-c2ccccc2C)c1.Cc1cc[n+](C)c(-c2ccccc2C)c1.Cc1ccc(-c2ccccc2C)[n+](C)c1.Cc1ccccc1-c1cccc[n+]1C.[2H]C([2H])([2H])c1ccc(-c2ccccc2C)[n+](C)c1. The van der Waals surface area contributed by atoms with E-state index in [-0.39, 0.29) is 0 Å². The summed E-state index contributed by atoms with van der Waals surface area (Å²) in [5, 5.41) is 0. The second-order valence-corrected chi connectivity index (χ2v) is 19.3. The highest BCUT2D eigenvalue weighted by atomic mass is 14.9. The molecule has 0 aliphatic heterocycles. The number of aromatic nitrogens is 5. The van der Waals surface area contributed by atoms with Gasteiger partial charge in [0.2, 0.25) is 28.5 Å². The Balaban J connectivity index is 0.000000156. The molecule has 0 N–H and O–H groups in total. The third-order valence-corrected chi connectivity index (χ3v) is 13.2. The van der Waals surface area contributed by atoms with Crippen LogP contribution in [0, 0.1) is 62.2 Å². The maximum absolute atomic E-state index is 7.41. The lowest BCUT2D eigenvalue weighted by atomic mass is 10.0. The molecule has 0 saturated heterocycles. The molecule has 0 radical (unpaired) electrons. The molecule has 0 unspecified atom stereocenters. The van der Waals surface area contributed by atoms with E-state index in [1.807, 2.05) is 54.9 Å². The Morgan fingerprint density at radius 2 is 0.554 bits per heavy atom. The molecule has 5 nitrogen and oxygen atoms in total. The molecule has 0 fully saturated rings. The summed E-state index contributed by atoms with van der Waals surface area (Å²) in [5.74, 6) is 0. The quantitative estimate of drug-likeness (QED) is 0.153. The van der Waals surface area contributed by atoms with Crippen LogP contribution in [0.2, 0.25) is 0 Å². The standard InChI is InChI=1S/4C14H16N.C13H14N/c2*1-11-8-9-15(3)14(10-11)13-7-5-4-6-12(13)2;2*1-11-8-9-14(15(3)10-11)13-7-5-4-6-12(13)2;1-11-7-3-4-8-12(11)13-9-5-6-10-14(13)2/h4*4-10H,1-3H3;3-10H,1-2H3/q5*+1/i;;1D3;;. The van der Waals surface area contributed by atoms with Crippen molar-refractivity contribution in [2.45, 2.75) is 62.2 Å². The zero-order valence-corrected chi connectivity index (χ0v) is 46.0. The van der Waals surface area contributed by atoms with E-state index in [0.29, 0.717) is 5.56 Å². The lowest BCUT2D eigenvalue weighted by molar-refractivity contribution is -0.660. The summed E-state index contributed by atoms with van der Waals surface area (Å²) in [6.07, 6.45) is 10.1. The fourth-order valence-electron chi connectivity index (χ4n) is 8.90. The molecule has 74 heavy (non-hydrogen) atoms. The van der Waals surface area contributed by atoms with Crippen LogP contribution < -0.4 is 22.8 Å². The van der Waals surface area contributed by atoms with Crippen molar-refractivity contribution in [3.8, 4) is 56.3 Å². The molecule has 10 aromatic rings. The van der Waals surface area contributed by atoms with Gasteiger partial charge in [0, 0.05) is 91.6 Å². The smallest absolute Gasteiger partial charge is 0.201 e. The van der Waals surface area contributed by atoms with E-state index in [0.717, 1.165) is 11.3 Å². The lowest BCUT2D eigenvalue weighted by Crippen LogP contribution is -2.30. The Morgan fingerprint density at radius 1 is 0.257 bits per heavy atom. The number of hydrogen-bond acceptors (Lipinski definition) is 0. The van der Waals surface area contributed by atoms with Crippen molar-refractivity contribution < 1.29 is 26.9 Å². The van der Waals surface area contributed by atoms with Crippen molar-refractivity contribution in [1.29, 1.82) is 0 Å². The summed E-state index contributed by atoms with van der Waals surface area (Å²) in [7, 11) is 10.2. The van der Waals surface area contributed by atoms with E-state index in [4.69, 9.17) is 4.11 Å². The van der Waals surface area contributed by atoms with Crippen LogP contribution in [0.15, 0.2) is 219 Å². The van der Waals surface area contributed by atoms with Gasteiger partial charge in [0.15, 0.2) is 31.0 Å². The van der Waals surface area contributed by atoms with E-state index >= 15 is 0 Å². The van der Waals surface area contributed by atoms with Crippen LogP contribution in [0.3, 0.4) is 0 Å². The Kier molecular flexibility index (Phi) is 18.2. The molecule has 0 aliphatic rings.